The van der Waals surface area contributed by atoms with Crippen molar-refractivity contribution < 1.29 is 14.3 Å². The molecule has 1 N–H and O–H groups in total. The number of nitrogens with one attached hydrogen (secondary N) is 1. The van der Waals surface area contributed by atoms with Gasteiger partial charge in [-0.15, -0.1) is 0 Å². The SMILES string of the molecule is CC(C)(C)OCC(=O)NCCC(=O)N1CCCC1. The molecule has 1 aliphatic rings. The van der Waals surface area contributed by atoms with Crippen molar-refractivity contribution in [3.8, 4) is 0 Å². The lowest BCUT2D eigenvalue weighted by atomic mass is 10.2. The van der Waals surface area contributed by atoms with Crippen molar-refractivity contribution in [1.82, 2.24) is 10.2 Å². The van der Waals surface area contributed by atoms with E-state index in [2.05, 4.69) is 5.32 Å². The molecule has 0 atom stereocenters. The van der Waals surface area contributed by atoms with Crippen molar-refractivity contribution in [2.45, 2.75) is 45.6 Å². The van der Waals surface area contributed by atoms with Crippen LogP contribution in [0.25, 0.3) is 0 Å². The van der Waals surface area contributed by atoms with Crippen molar-refractivity contribution >= 4 is 11.8 Å². The summed E-state index contributed by atoms with van der Waals surface area (Å²) in [6, 6.07) is 0. The van der Waals surface area contributed by atoms with Gasteiger partial charge in [-0.3, -0.25) is 9.59 Å². The van der Waals surface area contributed by atoms with E-state index in [4.69, 9.17) is 4.74 Å². The van der Waals surface area contributed by atoms with Crippen LogP contribution in [-0.4, -0.2) is 48.6 Å². The van der Waals surface area contributed by atoms with Crippen molar-refractivity contribution in [2.75, 3.05) is 26.2 Å². The Bertz CT molecular complexity index is 291. The fraction of sp³-hybridized carbons (Fsp3) is 0.846. The van der Waals surface area contributed by atoms with Crippen LogP contribution in [0.3, 0.4) is 0 Å². The Balaban J connectivity index is 2.09. The van der Waals surface area contributed by atoms with Crippen molar-refractivity contribution in [2.24, 2.45) is 0 Å². The van der Waals surface area contributed by atoms with Gasteiger partial charge in [0.25, 0.3) is 0 Å². The van der Waals surface area contributed by atoms with Crippen LogP contribution in [-0.2, 0) is 14.3 Å². The molecule has 18 heavy (non-hydrogen) atoms. The summed E-state index contributed by atoms with van der Waals surface area (Å²) in [6.45, 7) is 7.86. The van der Waals surface area contributed by atoms with Gasteiger partial charge in [0.15, 0.2) is 0 Å². The highest BCUT2D eigenvalue weighted by molar-refractivity contribution is 5.79. The normalized spacial score (nSPS) is 15.8. The van der Waals surface area contributed by atoms with E-state index < -0.39 is 0 Å². The summed E-state index contributed by atoms with van der Waals surface area (Å²) in [5.41, 5.74) is -0.317. The molecule has 0 spiro atoms. The predicted molar refractivity (Wildman–Crippen MR) is 69.1 cm³/mol. The van der Waals surface area contributed by atoms with Gasteiger partial charge in [0, 0.05) is 26.1 Å². The molecule has 1 heterocycles. The van der Waals surface area contributed by atoms with E-state index in [9.17, 15) is 9.59 Å². The molecule has 0 saturated carbocycles. The van der Waals surface area contributed by atoms with E-state index in [0.717, 1.165) is 25.9 Å². The summed E-state index contributed by atoms with van der Waals surface area (Å²) in [7, 11) is 0. The predicted octanol–water partition coefficient (Wildman–Crippen LogP) is 0.930. The average molecular weight is 256 g/mol. The first-order valence-corrected chi connectivity index (χ1v) is 6.57. The Labute approximate surface area is 109 Å². The Hall–Kier alpha value is -1.10. The van der Waals surface area contributed by atoms with E-state index in [1.807, 2.05) is 25.7 Å². The molecular weight excluding hydrogens is 232 g/mol. The maximum Gasteiger partial charge on any atom is 0.246 e. The molecule has 1 saturated heterocycles. The van der Waals surface area contributed by atoms with Gasteiger partial charge in [-0.25, -0.2) is 0 Å². The molecule has 0 aromatic heterocycles. The van der Waals surface area contributed by atoms with Crippen LogP contribution in [0.5, 0.6) is 0 Å². The van der Waals surface area contributed by atoms with Crippen LogP contribution in [0.2, 0.25) is 0 Å². The van der Waals surface area contributed by atoms with Gasteiger partial charge in [-0.05, 0) is 33.6 Å². The van der Waals surface area contributed by atoms with Crippen LogP contribution in [0, 0.1) is 0 Å². The van der Waals surface area contributed by atoms with Crippen LogP contribution < -0.4 is 5.32 Å². The molecule has 0 aromatic rings. The summed E-state index contributed by atoms with van der Waals surface area (Å²) < 4.78 is 5.34. The maximum absolute atomic E-state index is 11.7. The first kappa shape index (κ1) is 15.0. The van der Waals surface area contributed by atoms with Crippen LogP contribution in [0.15, 0.2) is 0 Å². The Morgan fingerprint density at radius 3 is 2.39 bits per heavy atom. The maximum atomic E-state index is 11.7. The monoisotopic (exact) mass is 256 g/mol. The summed E-state index contributed by atoms with van der Waals surface area (Å²) in [4.78, 5) is 25.0. The molecule has 0 unspecified atom stereocenters. The molecular formula is C13H24N2O3. The highest BCUT2D eigenvalue weighted by atomic mass is 16.5. The minimum absolute atomic E-state index is 0.0431. The molecule has 104 valence electrons. The van der Waals surface area contributed by atoms with Gasteiger partial charge in [0.1, 0.15) is 6.61 Å². The zero-order chi connectivity index (χ0) is 13.6. The number of amides is 2. The molecule has 0 aliphatic carbocycles. The number of carbonyl (C=O) groups excluding carboxylic acids is 2. The van der Waals surface area contributed by atoms with Gasteiger partial charge in [0.05, 0.1) is 5.60 Å². The molecule has 5 nitrogen and oxygen atoms in total. The second-order valence-corrected chi connectivity index (χ2v) is 5.59. The third-order valence-electron chi connectivity index (χ3n) is 2.76. The van der Waals surface area contributed by atoms with Crippen molar-refractivity contribution in [1.29, 1.82) is 0 Å². The van der Waals surface area contributed by atoms with Gasteiger partial charge in [0.2, 0.25) is 11.8 Å². The number of hydrogen-bond donors (Lipinski definition) is 1. The lowest BCUT2D eigenvalue weighted by Crippen LogP contribution is -2.35. The highest BCUT2D eigenvalue weighted by Gasteiger charge is 2.17. The number of ether oxygens (including phenoxy) is 1. The standard InChI is InChI=1S/C13H24N2O3/c1-13(2,3)18-10-11(16)14-7-6-12(17)15-8-4-5-9-15/h4-10H2,1-3H3,(H,14,16). The van der Waals surface area contributed by atoms with E-state index in [0.29, 0.717) is 13.0 Å². The fourth-order valence-electron chi connectivity index (χ4n) is 1.77. The van der Waals surface area contributed by atoms with Gasteiger partial charge < -0.3 is 15.0 Å². The third kappa shape index (κ3) is 6.00. The lowest BCUT2D eigenvalue weighted by molar-refractivity contribution is -0.131. The molecule has 1 fully saturated rings. The zero-order valence-corrected chi connectivity index (χ0v) is 11.6. The number of hydrogen-bond acceptors (Lipinski definition) is 3. The average Bonchev–Trinajstić information content (AvgIpc) is 2.78. The highest BCUT2D eigenvalue weighted by Crippen LogP contribution is 2.08. The topological polar surface area (TPSA) is 58.6 Å². The summed E-state index contributed by atoms with van der Waals surface area (Å²) in [5, 5.41) is 2.70. The van der Waals surface area contributed by atoms with Gasteiger partial charge in [-0.2, -0.15) is 0 Å². The smallest absolute Gasteiger partial charge is 0.246 e. The van der Waals surface area contributed by atoms with E-state index >= 15 is 0 Å². The molecule has 0 bridgehead atoms. The summed E-state index contributed by atoms with van der Waals surface area (Å²) in [6.07, 6.45) is 2.57. The molecule has 0 radical (unpaired) electrons. The second kappa shape index (κ2) is 6.73. The van der Waals surface area contributed by atoms with Crippen molar-refractivity contribution in [3.63, 3.8) is 0 Å². The Kier molecular flexibility index (Phi) is 5.59. The Morgan fingerprint density at radius 2 is 1.83 bits per heavy atom. The summed E-state index contributed by atoms with van der Waals surface area (Å²) >= 11 is 0. The van der Waals surface area contributed by atoms with Crippen LogP contribution in [0.1, 0.15) is 40.0 Å². The number of carbonyl (C=O) groups is 2. The molecule has 0 aromatic carbocycles. The third-order valence-corrected chi connectivity index (χ3v) is 2.76. The second-order valence-electron chi connectivity index (χ2n) is 5.59. The van der Waals surface area contributed by atoms with Crippen LogP contribution in [0.4, 0.5) is 0 Å². The van der Waals surface area contributed by atoms with E-state index in [1.165, 1.54) is 0 Å². The van der Waals surface area contributed by atoms with E-state index in [-0.39, 0.29) is 24.0 Å². The minimum atomic E-state index is -0.317. The molecule has 1 aliphatic heterocycles. The quantitative estimate of drug-likeness (QED) is 0.796. The van der Waals surface area contributed by atoms with Crippen LogP contribution >= 0.6 is 0 Å². The molecule has 1 rings (SSSR count). The number of nitrogens with zero attached hydrogens (tertiary/aromatic N) is 1. The Morgan fingerprint density at radius 1 is 1.22 bits per heavy atom. The largest absolute Gasteiger partial charge is 0.366 e. The molecule has 5 heteroatoms. The minimum Gasteiger partial charge on any atom is -0.366 e. The number of rotatable bonds is 5. The fourth-order valence-corrected chi connectivity index (χ4v) is 1.77. The summed E-state index contributed by atoms with van der Waals surface area (Å²) in [5.74, 6) is -0.0383. The van der Waals surface area contributed by atoms with Gasteiger partial charge in [-0.1, -0.05) is 0 Å². The van der Waals surface area contributed by atoms with E-state index in [1.54, 1.807) is 0 Å². The van der Waals surface area contributed by atoms with Crippen molar-refractivity contribution in [3.05, 3.63) is 0 Å². The van der Waals surface area contributed by atoms with Gasteiger partial charge >= 0.3 is 0 Å². The lowest BCUT2D eigenvalue weighted by Gasteiger charge is -2.19. The first-order chi connectivity index (χ1) is 8.38. The number of likely N-dealkylation sites (tertiary alicyclic amines) is 1. The molecule has 2 amide bonds. The first-order valence-electron chi connectivity index (χ1n) is 6.57. The zero-order valence-electron chi connectivity index (χ0n) is 11.6.